The molecule has 1 fully saturated rings. The topological polar surface area (TPSA) is 115 Å². The molecule has 0 bridgehead atoms. The van der Waals surface area contributed by atoms with Crippen molar-refractivity contribution < 1.29 is 29.0 Å². The van der Waals surface area contributed by atoms with E-state index in [0.717, 1.165) is 4.57 Å². The van der Waals surface area contributed by atoms with E-state index in [-0.39, 0.29) is 44.1 Å². The lowest BCUT2D eigenvalue weighted by Crippen LogP contribution is -2.29. The van der Waals surface area contributed by atoms with E-state index in [1.807, 2.05) is 0 Å². The van der Waals surface area contributed by atoms with Crippen LogP contribution in [-0.4, -0.2) is 39.2 Å². The van der Waals surface area contributed by atoms with Gasteiger partial charge in [-0.1, -0.05) is 53.5 Å². The number of carboxylic acid groups (broad SMARTS) is 1. The summed E-state index contributed by atoms with van der Waals surface area (Å²) in [5.74, 6) is -2.65. The third-order valence-electron chi connectivity index (χ3n) is 5.24. The summed E-state index contributed by atoms with van der Waals surface area (Å²) in [6.45, 7) is 4.93. The van der Waals surface area contributed by atoms with E-state index in [4.69, 9.17) is 27.9 Å². The molecule has 0 aliphatic carbocycles. The van der Waals surface area contributed by atoms with Crippen molar-refractivity contribution in [2.45, 2.75) is 32.8 Å². The summed E-state index contributed by atoms with van der Waals surface area (Å²) in [7, 11) is 0. The van der Waals surface area contributed by atoms with E-state index in [1.54, 1.807) is 51.1 Å². The van der Waals surface area contributed by atoms with Crippen LogP contribution < -0.4 is 5.32 Å². The van der Waals surface area contributed by atoms with Crippen LogP contribution >= 0.6 is 23.2 Å². The first-order valence-corrected chi connectivity index (χ1v) is 11.3. The zero-order valence-electron chi connectivity index (χ0n) is 18.9. The number of halogens is 2. The number of imide groups is 1. The van der Waals surface area contributed by atoms with Crippen LogP contribution in [0.2, 0.25) is 10.0 Å². The maximum atomic E-state index is 13.3. The lowest BCUT2D eigenvalue weighted by atomic mass is 9.90. The Hall–Kier alpha value is -3.62. The number of carboxylic acids is 1. The van der Waals surface area contributed by atoms with Gasteiger partial charge in [-0.2, -0.15) is 0 Å². The Bertz CT molecular complexity index is 1450. The molecule has 0 saturated carbocycles. The molecule has 2 N–H and O–H groups in total. The Morgan fingerprint density at radius 3 is 2.29 bits per heavy atom. The molecule has 8 nitrogen and oxygen atoms in total. The van der Waals surface area contributed by atoms with Crippen molar-refractivity contribution in [3.63, 3.8) is 0 Å². The first kappa shape index (κ1) is 24.5. The number of carbonyl (C=O) groups excluding carboxylic acids is 3. The summed E-state index contributed by atoms with van der Waals surface area (Å²) in [5, 5.41) is 13.0. The number of aromatic nitrogens is 1. The Morgan fingerprint density at radius 1 is 1.09 bits per heavy atom. The average molecular weight is 515 g/mol. The summed E-state index contributed by atoms with van der Waals surface area (Å²) >= 11 is 12.8. The number of rotatable bonds is 3. The first-order valence-electron chi connectivity index (χ1n) is 10.5. The lowest BCUT2D eigenvalue weighted by Gasteiger charge is -2.20. The molecule has 2 amide bonds. The first-order chi connectivity index (χ1) is 16.4. The van der Waals surface area contributed by atoms with Crippen molar-refractivity contribution in [1.29, 1.82) is 0 Å². The second-order valence-corrected chi connectivity index (χ2v) is 9.74. The van der Waals surface area contributed by atoms with Crippen molar-refractivity contribution in [1.82, 2.24) is 9.88 Å². The Labute approximate surface area is 210 Å². The fraction of sp³-hybridized carbons (Fsp3) is 0.200. The zero-order valence-corrected chi connectivity index (χ0v) is 20.5. The number of hydrogen-bond donors (Lipinski definition) is 2. The van der Waals surface area contributed by atoms with Crippen LogP contribution in [0.25, 0.3) is 16.5 Å². The fourth-order valence-electron chi connectivity index (χ4n) is 4.04. The average Bonchev–Trinajstić information content (AvgIpc) is 3.25. The molecule has 1 aliphatic heterocycles. The van der Waals surface area contributed by atoms with Crippen molar-refractivity contribution in [2.75, 3.05) is 0 Å². The molecule has 0 radical (unpaired) electrons. The molecule has 2 aromatic carbocycles. The lowest BCUT2D eigenvalue weighted by molar-refractivity contribution is -0.124. The molecule has 2 heterocycles. The van der Waals surface area contributed by atoms with Gasteiger partial charge < -0.3 is 9.84 Å². The van der Waals surface area contributed by atoms with Gasteiger partial charge in [0.25, 0.3) is 5.91 Å². The quantitative estimate of drug-likeness (QED) is 0.363. The van der Waals surface area contributed by atoms with Crippen LogP contribution in [0.5, 0.6) is 0 Å². The minimum Gasteiger partial charge on any atom is -0.477 e. The highest BCUT2D eigenvalue weighted by molar-refractivity contribution is 6.40. The van der Waals surface area contributed by atoms with Crippen LogP contribution in [-0.2, 0) is 14.3 Å². The minimum atomic E-state index is -1.46. The number of hydrogen-bond acceptors (Lipinski definition) is 5. The summed E-state index contributed by atoms with van der Waals surface area (Å²) < 4.78 is 6.37. The van der Waals surface area contributed by atoms with Gasteiger partial charge in [0.2, 0.25) is 5.91 Å². The molecule has 0 atom stereocenters. The molecule has 1 aromatic heterocycles. The highest BCUT2D eigenvalue weighted by Crippen LogP contribution is 2.43. The van der Waals surface area contributed by atoms with Gasteiger partial charge >= 0.3 is 12.1 Å². The van der Waals surface area contributed by atoms with Crippen molar-refractivity contribution >= 4 is 63.6 Å². The smallest absolute Gasteiger partial charge is 0.419 e. The van der Waals surface area contributed by atoms with E-state index in [2.05, 4.69) is 5.32 Å². The molecular formula is C25H20Cl2N2O6. The summed E-state index contributed by atoms with van der Waals surface area (Å²) in [6, 6.07) is 11.3. The zero-order chi connectivity index (χ0) is 25.7. The van der Waals surface area contributed by atoms with E-state index in [1.165, 1.54) is 12.1 Å². The number of fused-ring (bicyclic) bond motifs is 1. The third-order valence-corrected chi connectivity index (χ3v) is 5.76. The fourth-order valence-corrected chi connectivity index (χ4v) is 4.62. The van der Waals surface area contributed by atoms with Gasteiger partial charge in [-0.3, -0.25) is 14.9 Å². The maximum absolute atomic E-state index is 13.3. The minimum absolute atomic E-state index is 0.00563. The van der Waals surface area contributed by atoms with E-state index < -0.39 is 35.2 Å². The third kappa shape index (κ3) is 4.54. The molecule has 10 heteroatoms. The number of benzene rings is 2. The van der Waals surface area contributed by atoms with Crippen molar-refractivity contribution in [3.05, 3.63) is 74.9 Å². The number of aromatic carboxylic acids is 1. The number of nitrogens with zero attached hydrogens (tertiary/aromatic N) is 1. The molecule has 0 spiro atoms. The Kier molecular flexibility index (Phi) is 6.21. The van der Waals surface area contributed by atoms with Crippen LogP contribution in [0, 0.1) is 0 Å². The molecule has 1 saturated heterocycles. The van der Waals surface area contributed by atoms with Crippen LogP contribution in [0.1, 0.15) is 48.8 Å². The molecular weight excluding hydrogens is 495 g/mol. The standard InChI is InChI=1S/C25H20Cl2N2O6/c1-25(2,3)35-24(34)29-16-10-13(26)9-15(27)19(16)20(21(29)23(32)33)18(12-7-5-4-6-8-12)14-11-17(30)28-22(14)31/h4-10H,11H2,1-3H3,(H,32,33)(H,28,30,31). The number of carbonyl (C=O) groups is 4. The second kappa shape index (κ2) is 8.87. The number of amides is 2. The predicted molar refractivity (Wildman–Crippen MR) is 131 cm³/mol. The van der Waals surface area contributed by atoms with Gasteiger partial charge in [-0.25, -0.2) is 14.2 Å². The molecule has 1 aliphatic rings. The second-order valence-electron chi connectivity index (χ2n) is 8.90. The summed E-state index contributed by atoms with van der Waals surface area (Å²) in [5.41, 5.74) is -0.638. The van der Waals surface area contributed by atoms with Crippen molar-refractivity contribution in [2.24, 2.45) is 0 Å². The Balaban J connectivity index is 2.22. The normalized spacial score (nSPS) is 15.3. The molecule has 0 unspecified atom stereocenters. The SMILES string of the molecule is CC(C)(C)OC(=O)n1c(C(=O)O)c(C(=C2CC(=O)NC2=O)c2ccccc2)c2c(Cl)cc(Cl)cc21. The number of ether oxygens (including phenoxy) is 1. The Morgan fingerprint density at radius 2 is 1.74 bits per heavy atom. The molecule has 4 rings (SSSR count). The van der Waals surface area contributed by atoms with E-state index >= 15 is 0 Å². The van der Waals surface area contributed by atoms with Crippen molar-refractivity contribution in [3.8, 4) is 0 Å². The highest BCUT2D eigenvalue weighted by atomic mass is 35.5. The van der Waals surface area contributed by atoms with Gasteiger partial charge in [0.1, 0.15) is 11.3 Å². The van der Waals surface area contributed by atoms with Gasteiger partial charge in [-0.05, 0) is 38.5 Å². The van der Waals surface area contributed by atoms with E-state index in [0.29, 0.717) is 5.56 Å². The maximum Gasteiger partial charge on any atom is 0.419 e. The van der Waals surface area contributed by atoms with Gasteiger partial charge in [0.15, 0.2) is 0 Å². The van der Waals surface area contributed by atoms with Gasteiger partial charge in [0.05, 0.1) is 17.0 Å². The predicted octanol–water partition coefficient (Wildman–Crippen LogP) is 5.28. The van der Waals surface area contributed by atoms with Crippen LogP contribution in [0.3, 0.4) is 0 Å². The molecule has 35 heavy (non-hydrogen) atoms. The molecule has 180 valence electrons. The number of nitrogens with one attached hydrogen (secondary N) is 1. The van der Waals surface area contributed by atoms with Crippen LogP contribution in [0.4, 0.5) is 4.79 Å². The highest BCUT2D eigenvalue weighted by Gasteiger charge is 2.36. The van der Waals surface area contributed by atoms with E-state index in [9.17, 15) is 24.3 Å². The summed E-state index contributed by atoms with van der Waals surface area (Å²) in [6.07, 6.45) is -1.24. The van der Waals surface area contributed by atoms with Gasteiger partial charge in [0, 0.05) is 27.1 Å². The van der Waals surface area contributed by atoms with Crippen LogP contribution in [0.15, 0.2) is 48.0 Å². The molecule has 3 aromatic rings. The monoisotopic (exact) mass is 514 g/mol. The van der Waals surface area contributed by atoms with Gasteiger partial charge in [-0.15, -0.1) is 0 Å². The summed E-state index contributed by atoms with van der Waals surface area (Å²) in [4.78, 5) is 50.8. The largest absolute Gasteiger partial charge is 0.477 e.